The van der Waals surface area contributed by atoms with Gasteiger partial charge in [-0.25, -0.2) is 4.98 Å². The van der Waals surface area contributed by atoms with Crippen LogP contribution in [0.15, 0.2) is 41.9 Å². The molecule has 1 aliphatic rings. The monoisotopic (exact) mass is 363 g/mol. The lowest BCUT2D eigenvalue weighted by molar-refractivity contribution is -0.116. The number of amides is 1. The molecule has 0 unspecified atom stereocenters. The number of carbonyl (C=O) groups excluding carboxylic acids is 1. The van der Waals surface area contributed by atoms with Crippen LogP contribution in [0.2, 0.25) is 0 Å². The summed E-state index contributed by atoms with van der Waals surface area (Å²) >= 11 is 1.60. The van der Waals surface area contributed by atoms with E-state index in [0.717, 1.165) is 39.0 Å². The zero-order chi connectivity index (χ0) is 17.8. The predicted molar refractivity (Wildman–Crippen MR) is 102 cm³/mol. The predicted octanol–water partition coefficient (Wildman–Crippen LogP) is 3.58. The quantitative estimate of drug-likeness (QED) is 0.592. The van der Waals surface area contributed by atoms with Crippen LogP contribution in [0.3, 0.4) is 0 Å². The van der Waals surface area contributed by atoms with E-state index >= 15 is 0 Å². The highest BCUT2D eigenvalue weighted by Gasteiger charge is 2.36. The Morgan fingerprint density at radius 1 is 1.27 bits per heavy atom. The van der Waals surface area contributed by atoms with E-state index in [1.165, 1.54) is 0 Å². The number of aryl methyl sites for hydroxylation is 2. The fourth-order valence-electron chi connectivity index (χ4n) is 3.86. The third kappa shape index (κ3) is 2.13. The van der Waals surface area contributed by atoms with E-state index in [4.69, 9.17) is 5.10 Å². The van der Waals surface area contributed by atoms with Crippen molar-refractivity contribution in [3.8, 4) is 11.3 Å². The van der Waals surface area contributed by atoms with Gasteiger partial charge in [-0.3, -0.25) is 13.9 Å². The first kappa shape index (κ1) is 15.3. The average molecular weight is 363 g/mol. The van der Waals surface area contributed by atoms with Gasteiger partial charge in [0, 0.05) is 42.1 Å². The standard InChI is InChI=1S/C19H17N5OS/c1-11-17(24-8-9-26-19(24)20-11)13-10-14(25)21-18-15(13)16(22-23(18)2)12-6-4-3-5-7-12/h3-9,13H,10H2,1-2H3,(H,21,25)/t13-/m1/s1. The van der Waals surface area contributed by atoms with E-state index < -0.39 is 0 Å². The molecule has 1 aliphatic heterocycles. The number of anilines is 1. The molecule has 0 fully saturated rings. The number of nitrogens with one attached hydrogen (secondary N) is 1. The van der Waals surface area contributed by atoms with Crippen molar-refractivity contribution in [2.45, 2.75) is 19.3 Å². The fourth-order valence-corrected chi connectivity index (χ4v) is 4.63. The Labute approximate surface area is 154 Å². The van der Waals surface area contributed by atoms with Gasteiger partial charge < -0.3 is 5.32 Å². The molecule has 0 saturated carbocycles. The molecule has 0 saturated heterocycles. The third-order valence-electron chi connectivity index (χ3n) is 4.94. The number of fused-ring (bicyclic) bond motifs is 2. The van der Waals surface area contributed by atoms with Crippen molar-refractivity contribution in [2.24, 2.45) is 7.05 Å². The van der Waals surface area contributed by atoms with Crippen LogP contribution in [0.25, 0.3) is 16.2 Å². The third-order valence-corrected chi connectivity index (χ3v) is 5.70. The SMILES string of the molecule is Cc1nc2sccn2c1[C@@H]1CC(=O)Nc2c1c(-c1ccccc1)nn2C. The molecule has 6 nitrogen and oxygen atoms in total. The molecular weight excluding hydrogens is 346 g/mol. The van der Waals surface area contributed by atoms with Crippen LogP contribution < -0.4 is 5.32 Å². The number of carbonyl (C=O) groups is 1. The maximum absolute atomic E-state index is 12.4. The van der Waals surface area contributed by atoms with Crippen molar-refractivity contribution in [3.05, 3.63) is 58.9 Å². The molecule has 0 spiro atoms. The summed E-state index contributed by atoms with van der Waals surface area (Å²) in [4.78, 5) is 18.1. The van der Waals surface area contributed by atoms with E-state index in [1.54, 1.807) is 16.0 Å². The maximum atomic E-state index is 12.4. The molecule has 0 bridgehead atoms. The molecule has 4 heterocycles. The Bertz CT molecular complexity index is 1140. The fraction of sp³-hybridized carbons (Fsp3) is 0.211. The van der Waals surface area contributed by atoms with Gasteiger partial charge in [0.05, 0.1) is 17.1 Å². The van der Waals surface area contributed by atoms with Crippen molar-refractivity contribution in [2.75, 3.05) is 5.32 Å². The van der Waals surface area contributed by atoms with Crippen LogP contribution in [0, 0.1) is 6.92 Å². The summed E-state index contributed by atoms with van der Waals surface area (Å²) in [7, 11) is 1.87. The van der Waals surface area contributed by atoms with Crippen LogP contribution in [0.5, 0.6) is 0 Å². The second-order valence-electron chi connectivity index (χ2n) is 6.54. The molecule has 0 radical (unpaired) electrons. The lowest BCUT2D eigenvalue weighted by Gasteiger charge is -2.24. The van der Waals surface area contributed by atoms with Crippen LogP contribution in [0.4, 0.5) is 5.82 Å². The molecule has 3 aromatic heterocycles. The molecule has 5 rings (SSSR count). The van der Waals surface area contributed by atoms with Gasteiger partial charge in [-0.2, -0.15) is 5.10 Å². The number of imidazole rings is 1. The van der Waals surface area contributed by atoms with Crippen LogP contribution in [-0.4, -0.2) is 25.1 Å². The van der Waals surface area contributed by atoms with Crippen molar-refractivity contribution in [1.29, 1.82) is 0 Å². The van der Waals surface area contributed by atoms with Gasteiger partial charge >= 0.3 is 0 Å². The van der Waals surface area contributed by atoms with Gasteiger partial charge in [0.2, 0.25) is 5.91 Å². The highest BCUT2D eigenvalue weighted by Crippen LogP contribution is 2.43. The zero-order valence-electron chi connectivity index (χ0n) is 14.4. The van der Waals surface area contributed by atoms with Crippen LogP contribution >= 0.6 is 11.3 Å². The number of nitrogens with zero attached hydrogens (tertiary/aromatic N) is 4. The highest BCUT2D eigenvalue weighted by molar-refractivity contribution is 7.15. The first-order valence-electron chi connectivity index (χ1n) is 8.47. The Kier molecular flexibility index (Phi) is 3.27. The summed E-state index contributed by atoms with van der Waals surface area (Å²) in [5.41, 5.74) is 5.06. The molecule has 26 heavy (non-hydrogen) atoms. The topological polar surface area (TPSA) is 64.2 Å². The summed E-state index contributed by atoms with van der Waals surface area (Å²) in [6.45, 7) is 2.01. The van der Waals surface area contributed by atoms with Crippen molar-refractivity contribution in [1.82, 2.24) is 19.2 Å². The molecule has 4 aromatic rings. The summed E-state index contributed by atoms with van der Waals surface area (Å²) < 4.78 is 3.87. The molecule has 0 aliphatic carbocycles. The number of aromatic nitrogens is 4. The lowest BCUT2D eigenvalue weighted by Crippen LogP contribution is -2.25. The van der Waals surface area contributed by atoms with Crippen molar-refractivity contribution < 1.29 is 4.79 Å². The van der Waals surface area contributed by atoms with Gasteiger partial charge in [0.25, 0.3) is 0 Å². The van der Waals surface area contributed by atoms with Gasteiger partial charge in [-0.1, -0.05) is 30.3 Å². The first-order valence-corrected chi connectivity index (χ1v) is 9.35. The molecule has 130 valence electrons. The molecule has 7 heteroatoms. The molecule has 1 N–H and O–H groups in total. The first-order chi connectivity index (χ1) is 12.6. The Hall–Kier alpha value is -2.93. The highest BCUT2D eigenvalue weighted by atomic mass is 32.1. The molecule has 1 aromatic carbocycles. The minimum Gasteiger partial charge on any atom is -0.311 e. The van der Waals surface area contributed by atoms with Crippen molar-refractivity contribution in [3.63, 3.8) is 0 Å². The smallest absolute Gasteiger partial charge is 0.226 e. The number of benzene rings is 1. The number of hydrogen-bond donors (Lipinski definition) is 1. The van der Waals surface area contributed by atoms with E-state index in [1.807, 2.05) is 43.7 Å². The summed E-state index contributed by atoms with van der Waals surface area (Å²) in [5, 5.41) is 9.76. The van der Waals surface area contributed by atoms with E-state index in [-0.39, 0.29) is 11.8 Å². The summed E-state index contributed by atoms with van der Waals surface area (Å²) in [6, 6.07) is 10.1. The Morgan fingerprint density at radius 2 is 2.08 bits per heavy atom. The normalized spacial score (nSPS) is 16.7. The molecule has 1 atom stereocenters. The lowest BCUT2D eigenvalue weighted by atomic mass is 9.86. The second kappa shape index (κ2) is 5.54. The zero-order valence-corrected chi connectivity index (χ0v) is 15.2. The minimum atomic E-state index is -0.0766. The average Bonchev–Trinajstić information content (AvgIpc) is 3.29. The van der Waals surface area contributed by atoms with Gasteiger partial charge in [0.1, 0.15) is 5.82 Å². The van der Waals surface area contributed by atoms with Gasteiger partial charge in [-0.15, -0.1) is 11.3 Å². The van der Waals surface area contributed by atoms with Crippen molar-refractivity contribution >= 4 is 28.0 Å². The number of thiazole rings is 1. The molecular formula is C19H17N5OS. The Morgan fingerprint density at radius 3 is 2.88 bits per heavy atom. The van der Waals surface area contributed by atoms with Crippen LogP contribution in [0.1, 0.15) is 29.3 Å². The van der Waals surface area contributed by atoms with Gasteiger partial charge in [-0.05, 0) is 6.92 Å². The van der Waals surface area contributed by atoms with Gasteiger partial charge in [0.15, 0.2) is 4.96 Å². The van der Waals surface area contributed by atoms with E-state index in [2.05, 4.69) is 26.8 Å². The summed E-state index contributed by atoms with van der Waals surface area (Å²) in [5.74, 6) is 0.705. The second-order valence-corrected chi connectivity index (χ2v) is 7.42. The van der Waals surface area contributed by atoms with E-state index in [0.29, 0.717) is 6.42 Å². The van der Waals surface area contributed by atoms with Crippen LogP contribution in [-0.2, 0) is 11.8 Å². The number of rotatable bonds is 2. The summed E-state index contributed by atoms with van der Waals surface area (Å²) in [6.07, 6.45) is 2.42. The largest absolute Gasteiger partial charge is 0.311 e. The maximum Gasteiger partial charge on any atom is 0.226 e. The minimum absolute atomic E-state index is 0.00897. The Balaban J connectivity index is 1.79. The van der Waals surface area contributed by atoms with E-state index in [9.17, 15) is 4.79 Å². The number of hydrogen-bond acceptors (Lipinski definition) is 4. The molecule has 1 amide bonds.